The van der Waals surface area contributed by atoms with Crippen molar-refractivity contribution >= 4 is 15.7 Å². The molecule has 10 heteroatoms. The standard InChI is InChI=1S/C28H23F2NO6S/c1-34-22-14-11-17(15-25(22)35-2)27-21-16-18(31-38(32,33)19-7-4-3-5-8-19)12-13-20(21)26-23(36-27)9-6-10-24(26)37-28(29)30/h3-16,27-28,31H,1-2H3. The van der Waals surface area contributed by atoms with E-state index in [4.69, 9.17) is 18.9 Å². The first-order chi connectivity index (χ1) is 18.3. The Hall–Kier alpha value is -4.31. The van der Waals surface area contributed by atoms with Crippen LogP contribution in [0.4, 0.5) is 14.5 Å². The van der Waals surface area contributed by atoms with Gasteiger partial charge in [0.15, 0.2) is 11.5 Å². The molecular formula is C28H23F2NO6S. The molecule has 0 fully saturated rings. The van der Waals surface area contributed by atoms with Crippen LogP contribution in [0.25, 0.3) is 11.1 Å². The average Bonchev–Trinajstić information content (AvgIpc) is 2.92. The van der Waals surface area contributed by atoms with Gasteiger partial charge in [-0.3, -0.25) is 4.72 Å². The quantitative estimate of drug-likeness (QED) is 0.285. The maximum atomic E-state index is 13.2. The number of benzene rings is 4. The Kier molecular flexibility index (Phi) is 6.81. The summed E-state index contributed by atoms with van der Waals surface area (Å²) in [6.07, 6.45) is -0.722. The van der Waals surface area contributed by atoms with E-state index in [2.05, 4.69) is 4.72 Å². The molecule has 0 saturated carbocycles. The highest BCUT2D eigenvalue weighted by Gasteiger charge is 2.31. The molecule has 1 unspecified atom stereocenters. The zero-order valence-electron chi connectivity index (χ0n) is 20.4. The van der Waals surface area contributed by atoms with Crippen molar-refractivity contribution in [3.05, 3.63) is 96.1 Å². The van der Waals surface area contributed by atoms with E-state index in [0.717, 1.165) is 0 Å². The van der Waals surface area contributed by atoms with Crippen molar-refractivity contribution in [2.24, 2.45) is 0 Å². The van der Waals surface area contributed by atoms with Gasteiger partial charge in [0.2, 0.25) is 0 Å². The first-order valence-corrected chi connectivity index (χ1v) is 13.0. The minimum Gasteiger partial charge on any atom is -0.493 e. The van der Waals surface area contributed by atoms with Gasteiger partial charge in [0.05, 0.1) is 24.7 Å². The molecule has 0 amide bonds. The SMILES string of the molecule is COc1ccc(C2Oc3cccc(OC(F)F)c3-c3ccc(NS(=O)(=O)c4ccccc4)cc32)cc1OC. The predicted octanol–water partition coefficient (Wildman–Crippen LogP) is 6.25. The Morgan fingerprint density at radius 3 is 2.32 bits per heavy atom. The Bertz CT molecular complexity index is 1580. The lowest BCUT2D eigenvalue weighted by Crippen LogP contribution is -2.18. The maximum Gasteiger partial charge on any atom is 0.387 e. The number of sulfonamides is 1. The summed E-state index contributed by atoms with van der Waals surface area (Å²) in [6.45, 7) is -3.04. The van der Waals surface area contributed by atoms with Gasteiger partial charge in [0, 0.05) is 16.8 Å². The van der Waals surface area contributed by atoms with Gasteiger partial charge in [-0.25, -0.2) is 8.42 Å². The smallest absolute Gasteiger partial charge is 0.387 e. The van der Waals surface area contributed by atoms with Gasteiger partial charge in [-0.2, -0.15) is 8.78 Å². The summed E-state index contributed by atoms with van der Waals surface area (Å²) in [7, 11) is -0.843. The summed E-state index contributed by atoms with van der Waals surface area (Å²) >= 11 is 0. The van der Waals surface area contributed by atoms with Crippen LogP contribution in [0.3, 0.4) is 0 Å². The van der Waals surface area contributed by atoms with Gasteiger partial charge >= 0.3 is 6.61 Å². The van der Waals surface area contributed by atoms with Crippen LogP contribution < -0.4 is 23.7 Å². The number of ether oxygens (including phenoxy) is 4. The molecule has 1 N–H and O–H groups in total. The van der Waals surface area contributed by atoms with E-state index in [1.54, 1.807) is 66.7 Å². The van der Waals surface area contributed by atoms with E-state index in [1.165, 1.54) is 32.4 Å². The fourth-order valence-corrected chi connectivity index (χ4v) is 5.48. The lowest BCUT2D eigenvalue weighted by atomic mass is 9.88. The highest BCUT2D eigenvalue weighted by atomic mass is 32.2. The number of halogens is 2. The largest absolute Gasteiger partial charge is 0.493 e. The van der Waals surface area contributed by atoms with Crippen molar-refractivity contribution < 1.29 is 36.1 Å². The number of hydrogen-bond donors (Lipinski definition) is 1. The van der Waals surface area contributed by atoms with Crippen LogP contribution >= 0.6 is 0 Å². The highest BCUT2D eigenvalue weighted by Crippen LogP contribution is 2.50. The zero-order chi connectivity index (χ0) is 26.9. The second kappa shape index (κ2) is 10.2. The minimum absolute atomic E-state index is 0.0536. The van der Waals surface area contributed by atoms with Crippen molar-refractivity contribution in [2.75, 3.05) is 18.9 Å². The van der Waals surface area contributed by atoms with E-state index >= 15 is 0 Å². The van der Waals surface area contributed by atoms with Crippen molar-refractivity contribution in [3.8, 4) is 34.1 Å². The molecule has 0 aliphatic carbocycles. The number of hydrogen-bond acceptors (Lipinski definition) is 6. The third kappa shape index (κ3) is 4.82. The van der Waals surface area contributed by atoms with Gasteiger partial charge in [-0.05, 0) is 54.1 Å². The van der Waals surface area contributed by atoms with Crippen molar-refractivity contribution in [1.29, 1.82) is 0 Å². The summed E-state index contributed by atoms with van der Waals surface area (Å²) in [4.78, 5) is 0.100. The van der Waals surface area contributed by atoms with E-state index < -0.39 is 22.7 Å². The molecule has 0 aromatic heterocycles. The molecule has 0 radical (unpaired) electrons. The van der Waals surface area contributed by atoms with E-state index in [1.807, 2.05) is 0 Å². The molecule has 4 aromatic carbocycles. The van der Waals surface area contributed by atoms with Crippen LogP contribution in [0.2, 0.25) is 0 Å². The molecule has 7 nitrogen and oxygen atoms in total. The molecule has 1 aliphatic rings. The topological polar surface area (TPSA) is 83.1 Å². The second-order valence-electron chi connectivity index (χ2n) is 8.34. The average molecular weight is 540 g/mol. The van der Waals surface area contributed by atoms with Gasteiger partial charge in [0.25, 0.3) is 10.0 Å². The Labute approximate surface area is 218 Å². The first kappa shape index (κ1) is 25.3. The summed E-state index contributed by atoms with van der Waals surface area (Å²) in [5.74, 6) is 1.27. The molecule has 4 aromatic rings. The fourth-order valence-electron chi connectivity index (χ4n) is 4.41. The number of anilines is 1. The molecule has 5 rings (SSSR count). The van der Waals surface area contributed by atoms with Crippen LogP contribution in [-0.4, -0.2) is 29.2 Å². The fraction of sp³-hybridized carbons (Fsp3) is 0.143. The van der Waals surface area contributed by atoms with Gasteiger partial charge < -0.3 is 18.9 Å². The van der Waals surface area contributed by atoms with Gasteiger partial charge in [-0.15, -0.1) is 0 Å². The van der Waals surface area contributed by atoms with Crippen molar-refractivity contribution in [1.82, 2.24) is 0 Å². The lowest BCUT2D eigenvalue weighted by Gasteiger charge is -2.31. The molecule has 196 valence electrons. The molecule has 1 atom stereocenters. The minimum atomic E-state index is -3.88. The molecule has 0 saturated heterocycles. The normalized spacial score (nSPS) is 14.2. The number of methoxy groups -OCH3 is 2. The van der Waals surface area contributed by atoms with Crippen LogP contribution in [-0.2, 0) is 10.0 Å². The maximum absolute atomic E-state index is 13.2. The predicted molar refractivity (Wildman–Crippen MR) is 138 cm³/mol. The summed E-state index contributed by atoms with van der Waals surface area (Å²) in [6, 6.07) is 22.7. The van der Waals surface area contributed by atoms with E-state index in [-0.39, 0.29) is 16.3 Å². The van der Waals surface area contributed by atoms with Crippen molar-refractivity contribution in [2.45, 2.75) is 17.6 Å². The molecule has 1 aliphatic heterocycles. The Morgan fingerprint density at radius 2 is 1.61 bits per heavy atom. The number of alkyl halides is 2. The third-order valence-corrected chi connectivity index (χ3v) is 7.47. The van der Waals surface area contributed by atoms with Crippen LogP contribution in [0.1, 0.15) is 17.2 Å². The summed E-state index contributed by atoms with van der Waals surface area (Å²) in [5, 5.41) is 0. The Balaban J connectivity index is 1.65. The monoisotopic (exact) mass is 539 g/mol. The van der Waals surface area contributed by atoms with Crippen molar-refractivity contribution in [3.63, 3.8) is 0 Å². The van der Waals surface area contributed by atoms with Crippen LogP contribution in [0.15, 0.2) is 89.8 Å². The summed E-state index contributed by atoms with van der Waals surface area (Å²) < 4.78 is 76.8. The van der Waals surface area contributed by atoms with Gasteiger partial charge in [-0.1, -0.05) is 36.4 Å². The molecular weight excluding hydrogens is 516 g/mol. The third-order valence-electron chi connectivity index (χ3n) is 6.07. The van der Waals surface area contributed by atoms with E-state index in [9.17, 15) is 17.2 Å². The van der Waals surface area contributed by atoms with E-state index in [0.29, 0.717) is 39.5 Å². The number of rotatable bonds is 8. The lowest BCUT2D eigenvalue weighted by molar-refractivity contribution is -0.0496. The highest BCUT2D eigenvalue weighted by molar-refractivity contribution is 7.92. The Morgan fingerprint density at radius 1 is 0.842 bits per heavy atom. The van der Waals surface area contributed by atoms with Crippen LogP contribution in [0, 0.1) is 0 Å². The summed E-state index contributed by atoms with van der Waals surface area (Å²) in [5.41, 5.74) is 2.40. The first-order valence-electron chi connectivity index (χ1n) is 11.5. The molecule has 38 heavy (non-hydrogen) atoms. The zero-order valence-corrected chi connectivity index (χ0v) is 21.2. The molecule has 1 heterocycles. The number of nitrogens with one attached hydrogen (secondary N) is 1. The number of fused-ring (bicyclic) bond motifs is 3. The van der Waals surface area contributed by atoms with Crippen LogP contribution in [0.5, 0.6) is 23.0 Å². The molecule has 0 bridgehead atoms. The second-order valence-corrected chi connectivity index (χ2v) is 10.0. The molecule has 0 spiro atoms. The van der Waals surface area contributed by atoms with Gasteiger partial charge in [0.1, 0.15) is 17.6 Å².